The molecule has 0 aliphatic carbocycles. The molecule has 2 rings (SSSR count). The SMILES string of the molecule is CCN1CCC(CNC(=O)c2cnccc2N)CC1. The second-order valence-electron chi connectivity index (χ2n) is 5.05. The molecular weight excluding hydrogens is 240 g/mol. The van der Waals surface area contributed by atoms with Gasteiger partial charge in [-0.2, -0.15) is 0 Å². The van der Waals surface area contributed by atoms with Gasteiger partial charge in [0, 0.05) is 24.6 Å². The Morgan fingerprint density at radius 3 is 2.89 bits per heavy atom. The van der Waals surface area contributed by atoms with Crippen molar-refractivity contribution in [2.75, 3.05) is 31.9 Å². The molecule has 1 fully saturated rings. The Kier molecular flexibility index (Phi) is 4.74. The minimum absolute atomic E-state index is 0.122. The maximum Gasteiger partial charge on any atom is 0.254 e. The van der Waals surface area contributed by atoms with Crippen molar-refractivity contribution < 1.29 is 4.79 Å². The molecule has 1 aliphatic heterocycles. The normalized spacial score (nSPS) is 17.3. The van der Waals surface area contributed by atoms with Gasteiger partial charge in [0.15, 0.2) is 0 Å². The number of anilines is 1. The van der Waals surface area contributed by atoms with Gasteiger partial charge in [-0.05, 0) is 44.5 Å². The summed E-state index contributed by atoms with van der Waals surface area (Å²) in [7, 11) is 0. The van der Waals surface area contributed by atoms with Gasteiger partial charge in [0.25, 0.3) is 5.91 Å². The van der Waals surface area contributed by atoms with Crippen LogP contribution in [0.3, 0.4) is 0 Å². The Balaban J connectivity index is 1.80. The number of carbonyl (C=O) groups is 1. The first-order valence-corrected chi connectivity index (χ1v) is 6.90. The van der Waals surface area contributed by atoms with Gasteiger partial charge in [-0.25, -0.2) is 0 Å². The van der Waals surface area contributed by atoms with Crippen LogP contribution in [0.2, 0.25) is 0 Å². The summed E-state index contributed by atoms with van der Waals surface area (Å²) in [5, 5.41) is 2.96. The Morgan fingerprint density at radius 1 is 1.53 bits per heavy atom. The van der Waals surface area contributed by atoms with Crippen LogP contribution in [0.15, 0.2) is 18.5 Å². The molecule has 5 nitrogen and oxygen atoms in total. The summed E-state index contributed by atoms with van der Waals surface area (Å²) in [6.07, 6.45) is 5.41. The topological polar surface area (TPSA) is 71.2 Å². The van der Waals surface area contributed by atoms with E-state index in [1.807, 2.05) is 0 Å². The van der Waals surface area contributed by atoms with Crippen molar-refractivity contribution in [1.82, 2.24) is 15.2 Å². The third kappa shape index (κ3) is 3.67. The molecule has 0 atom stereocenters. The Labute approximate surface area is 114 Å². The lowest BCUT2D eigenvalue weighted by Crippen LogP contribution is -2.38. The van der Waals surface area contributed by atoms with Gasteiger partial charge >= 0.3 is 0 Å². The van der Waals surface area contributed by atoms with E-state index >= 15 is 0 Å². The molecule has 0 bridgehead atoms. The summed E-state index contributed by atoms with van der Waals surface area (Å²) in [4.78, 5) is 18.4. The van der Waals surface area contributed by atoms with Crippen LogP contribution in [0.25, 0.3) is 0 Å². The molecule has 1 amide bonds. The van der Waals surface area contributed by atoms with E-state index in [-0.39, 0.29) is 5.91 Å². The van der Waals surface area contributed by atoms with Gasteiger partial charge in [-0.15, -0.1) is 0 Å². The zero-order valence-corrected chi connectivity index (χ0v) is 11.4. The monoisotopic (exact) mass is 262 g/mol. The summed E-state index contributed by atoms with van der Waals surface area (Å²) in [5.41, 5.74) is 6.71. The number of nitrogens with one attached hydrogen (secondary N) is 1. The molecule has 0 saturated carbocycles. The molecule has 1 saturated heterocycles. The van der Waals surface area contributed by atoms with Crippen LogP contribution >= 0.6 is 0 Å². The van der Waals surface area contributed by atoms with E-state index < -0.39 is 0 Å². The van der Waals surface area contributed by atoms with Crippen molar-refractivity contribution in [2.24, 2.45) is 5.92 Å². The number of likely N-dealkylation sites (tertiary alicyclic amines) is 1. The summed E-state index contributed by atoms with van der Waals surface area (Å²) in [6.45, 7) is 6.29. The van der Waals surface area contributed by atoms with Gasteiger partial charge in [-0.3, -0.25) is 9.78 Å². The molecule has 1 aliphatic rings. The van der Waals surface area contributed by atoms with Crippen molar-refractivity contribution in [3.8, 4) is 0 Å². The van der Waals surface area contributed by atoms with Crippen molar-refractivity contribution in [3.63, 3.8) is 0 Å². The highest BCUT2D eigenvalue weighted by Crippen LogP contribution is 2.16. The average molecular weight is 262 g/mol. The Morgan fingerprint density at radius 2 is 2.26 bits per heavy atom. The molecule has 0 aromatic carbocycles. The predicted octanol–water partition coefficient (Wildman–Crippen LogP) is 1.13. The molecule has 0 radical (unpaired) electrons. The molecule has 3 N–H and O–H groups in total. The van der Waals surface area contributed by atoms with Crippen molar-refractivity contribution >= 4 is 11.6 Å². The van der Waals surface area contributed by atoms with E-state index in [9.17, 15) is 4.79 Å². The summed E-state index contributed by atoms with van der Waals surface area (Å²) < 4.78 is 0. The van der Waals surface area contributed by atoms with E-state index in [0.29, 0.717) is 17.2 Å². The number of nitrogens with two attached hydrogens (primary N) is 1. The lowest BCUT2D eigenvalue weighted by Gasteiger charge is -2.31. The maximum atomic E-state index is 12.0. The average Bonchev–Trinajstić information content (AvgIpc) is 2.46. The number of hydrogen-bond acceptors (Lipinski definition) is 4. The second-order valence-corrected chi connectivity index (χ2v) is 5.05. The lowest BCUT2D eigenvalue weighted by atomic mass is 9.97. The first-order valence-electron chi connectivity index (χ1n) is 6.90. The predicted molar refractivity (Wildman–Crippen MR) is 75.8 cm³/mol. The Hall–Kier alpha value is -1.62. The van der Waals surface area contributed by atoms with Crippen LogP contribution in [0.4, 0.5) is 5.69 Å². The fraction of sp³-hybridized carbons (Fsp3) is 0.571. The summed E-state index contributed by atoms with van der Waals surface area (Å²) in [5.74, 6) is 0.452. The van der Waals surface area contributed by atoms with Crippen molar-refractivity contribution in [1.29, 1.82) is 0 Å². The van der Waals surface area contributed by atoms with E-state index in [1.54, 1.807) is 12.3 Å². The van der Waals surface area contributed by atoms with Gasteiger partial charge in [0.1, 0.15) is 0 Å². The third-order valence-electron chi connectivity index (χ3n) is 3.81. The number of rotatable bonds is 4. The highest BCUT2D eigenvalue weighted by molar-refractivity contribution is 5.98. The molecule has 0 unspecified atom stereocenters. The number of piperidine rings is 1. The lowest BCUT2D eigenvalue weighted by molar-refractivity contribution is 0.0937. The highest BCUT2D eigenvalue weighted by atomic mass is 16.1. The minimum Gasteiger partial charge on any atom is -0.398 e. The third-order valence-corrected chi connectivity index (χ3v) is 3.81. The molecule has 104 valence electrons. The van der Waals surface area contributed by atoms with Crippen LogP contribution in [0.1, 0.15) is 30.1 Å². The van der Waals surface area contributed by atoms with Crippen LogP contribution in [-0.4, -0.2) is 42.0 Å². The van der Waals surface area contributed by atoms with Gasteiger partial charge in [-0.1, -0.05) is 6.92 Å². The molecular formula is C14H22N4O. The molecule has 2 heterocycles. The number of aromatic nitrogens is 1. The van der Waals surface area contributed by atoms with Gasteiger partial charge in [0.2, 0.25) is 0 Å². The largest absolute Gasteiger partial charge is 0.398 e. The van der Waals surface area contributed by atoms with Crippen LogP contribution < -0.4 is 11.1 Å². The van der Waals surface area contributed by atoms with Crippen molar-refractivity contribution in [3.05, 3.63) is 24.0 Å². The number of hydrogen-bond donors (Lipinski definition) is 2. The number of carbonyl (C=O) groups excluding carboxylic acids is 1. The molecule has 5 heteroatoms. The summed E-state index contributed by atoms with van der Waals surface area (Å²) >= 11 is 0. The van der Waals surface area contributed by atoms with E-state index in [0.717, 1.165) is 39.0 Å². The standard InChI is InChI=1S/C14H22N4O/c1-2-18-7-4-11(5-8-18)9-17-14(19)12-10-16-6-3-13(12)15/h3,6,10-11H,2,4-5,7-9H2,1H3,(H2,15,16)(H,17,19). The number of amides is 1. The van der Waals surface area contributed by atoms with Gasteiger partial charge in [0.05, 0.1) is 5.56 Å². The zero-order chi connectivity index (χ0) is 13.7. The number of pyridine rings is 1. The van der Waals surface area contributed by atoms with Crippen LogP contribution in [-0.2, 0) is 0 Å². The minimum atomic E-state index is -0.122. The highest BCUT2D eigenvalue weighted by Gasteiger charge is 2.19. The van der Waals surface area contributed by atoms with E-state index in [2.05, 4.69) is 22.1 Å². The smallest absolute Gasteiger partial charge is 0.254 e. The van der Waals surface area contributed by atoms with E-state index in [4.69, 9.17) is 5.73 Å². The number of nitrogens with zero attached hydrogens (tertiary/aromatic N) is 2. The first-order chi connectivity index (χ1) is 9.20. The number of nitrogen functional groups attached to an aromatic ring is 1. The first kappa shape index (κ1) is 13.8. The van der Waals surface area contributed by atoms with Crippen LogP contribution in [0, 0.1) is 5.92 Å². The fourth-order valence-electron chi connectivity index (χ4n) is 2.43. The fourth-order valence-corrected chi connectivity index (χ4v) is 2.43. The molecule has 1 aromatic rings. The summed E-state index contributed by atoms with van der Waals surface area (Å²) in [6, 6.07) is 1.65. The molecule has 0 spiro atoms. The van der Waals surface area contributed by atoms with E-state index in [1.165, 1.54) is 6.20 Å². The molecule has 19 heavy (non-hydrogen) atoms. The quantitative estimate of drug-likeness (QED) is 0.853. The Bertz CT molecular complexity index is 427. The second kappa shape index (κ2) is 6.52. The zero-order valence-electron chi connectivity index (χ0n) is 11.4. The van der Waals surface area contributed by atoms with Gasteiger partial charge < -0.3 is 16.0 Å². The van der Waals surface area contributed by atoms with Crippen molar-refractivity contribution in [2.45, 2.75) is 19.8 Å². The maximum absolute atomic E-state index is 12.0. The molecule has 1 aromatic heterocycles. The van der Waals surface area contributed by atoms with Crippen LogP contribution in [0.5, 0.6) is 0 Å².